The number of rotatable bonds is 0. The molecule has 0 unspecified atom stereocenters. The molecule has 0 aromatic heterocycles. The first-order chi connectivity index (χ1) is 26.5. The summed E-state index contributed by atoms with van der Waals surface area (Å²) in [5.74, 6) is 2.00. The van der Waals surface area contributed by atoms with E-state index in [2.05, 4.69) is 28.0 Å². The van der Waals surface area contributed by atoms with Crippen molar-refractivity contribution in [1.29, 1.82) is 0 Å². The van der Waals surface area contributed by atoms with Gasteiger partial charge in [-0.2, -0.15) is 0 Å². The molecule has 8 nitrogen and oxygen atoms in total. The number of hydrogen-bond acceptors (Lipinski definition) is 8. The smallest absolute Gasteiger partial charge is 0.340 e. The van der Waals surface area contributed by atoms with Gasteiger partial charge in [-0.3, -0.25) is 0 Å². The van der Waals surface area contributed by atoms with E-state index >= 15 is 0 Å². The van der Waals surface area contributed by atoms with E-state index in [4.69, 9.17) is 18.9 Å². The van der Waals surface area contributed by atoms with Gasteiger partial charge in [-0.15, -0.1) is 0 Å². The Kier molecular flexibility index (Phi) is 5.52. The zero-order valence-electron chi connectivity index (χ0n) is 29.8. The van der Waals surface area contributed by atoms with Gasteiger partial charge in [0, 0.05) is 88.1 Å². The number of ether oxygens (including phenoxy) is 4. The number of nitrogens with zero attached hydrogens (tertiary/aromatic N) is 2. The molecule has 0 saturated heterocycles. The predicted molar refractivity (Wildman–Crippen MR) is 201 cm³/mol. The van der Waals surface area contributed by atoms with Gasteiger partial charge in [0.2, 0.25) is 0 Å². The van der Waals surface area contributed by atoms with E-state index in [0.29, 0.717) is 33.8 Å². The molecule has 54 heavy (non-hydrogen) atoms. The molecule has 0 amide bonds. The quantitative estimate of drug-likeness (QED) is 0.149. The molecule has 8 aliphatic rings. The van der Waals surface area contributed by atoms with Crippen LogP contribution in [0.25, 0.3) is 0 Å². The monoisotopic (exact) mass is 712 g/mol. The molecule has 0 aliphatic carbocycles. The standard InChI is InChI=1S/C46H36N2O6/c49-43-27-11-1-3-15-31(27)45(53-43)33-23-34-38(24-37(33)51-41-29-13-7-19-47-17-5-9-25(39(29)47)21-35(41)45)52-42-30-14-8-20-48-18-6-10-26(40(30)48)22-36(42)46(34)32-16-4-2-12-28(32)44(50)54-46/h1-4,11-12,15-16,21-24H,5-10,13-14,17-20H2/t45-,46-/m1/s1. The zero-order chi connectivity index (χ0) is 35.5. The van der Waals surface area contributed by atoms with Crippen molar-refractivity contribution in [2.75, 3.05) is 36.0 Å². The first kappa shape index (κ1) is 29.7. The number of hydrogen-bond donors (Lipinski definition) is 0. The number of benzene rings is 5. The number of esters is 2. The first-order valence-corrected chi connectivity index (χ1v) is 19.6. The number of carbonyl (C=O) groups excluding carboxylic acids is 2. The van der Waals surface area contributed by atoms with Gasteiger partial charge in [0.15, 0.2) is 11.2 Å². The molecule has 0 saturated carbocycles. The predicted octanol–water partition coefficient (Wildman–Crippen LogP) is 8.22. The maximum Gasteiger partial charge on any atom is 0.340 e. The third-order valence-electron chi connectivity index (χ3n) is 13.5. The van der Waals surface area contributed by atoms with Crippen molar-refractivity contribution in [3.63, 3.8) is 0 Å². The highest BCUT2D eigenvalue weighted by molar-refractivity contribution is 5.99. The summed E-state index contributed by atoms with van der Waals surface area (Å²) in [5.41, 5.74) is 10.8. The largest absolute Gasteiger partial charge is 0.456 e. The Labute approximate surface area is 312 Å². The minimum Gasteiger partial charge on any atom is -0.456 e. The van der Waals surface area contributed by atoms with Crippen LogP contribution in [-0.2, 0) is 46.4 Å². The number of fused-ring (bicyclic) bond motifs is 14. The topological polar surface area (TPSA) is 77.5 Å². The molecule has 5 aromatic carbocycles. The summed E-state index contributed by atoms with van der Waals surface area (Å²) in [6, 6.07) is 24.0. The van der Waals surface area contributed by atoms with Crippen LogP contribution in [-0.4, -0.2) is 38.1 Å². The highest BCUT2D eigenvalue weighted by Crippen LogP contribution is 2.64. The van der Waals surface area contributed by atoms with Crippen molar-refractivity contribution in [3.05, 3.63) is 140 Å². The Balaban J connectivity index is 1.13. The molecule has 266 valence electrons. The third-order valence-corrected chi connectivity index (χ3v) is 13.5. The molecule has 0 N–H and O–H groups in total. The molecular formula is C46H36N2O6. The Hall–Kier alpha value is -5.76. The van der Waals surface area contributed by atoms with Gasteiger partial charge in [0.1, 0.15) is 23.0 Å². The molecule has 0 bridgehead atoms. The van der Waals surface area contributed by atoms with E-state index in [1.165, 1.54) is 33.6 Å². The Morgan fingerprint density at radius 1 is 0.481 bits per heavy atom. The Morgan fingerprint density at radius 3 is 1.41 bits per heavy atom. The molecule has 8 heterocycles. The molecule has 8 heteroatoms. The molecule has 5 aromatic rings. The normalized spacial score (nSPS) is 24.1. The molecule has 8 aliphatic heterocycles. The van der Waals surface area contributed by atoms with E-state index in [1.54, 1.807) is 0 Å². The summed E-state index contributed by atoms with van der Waals surface area (Å²) in [5, 5.41) is 0. The minimum atomic E-state index is -1.27. The maximum absolute atomic E-state index is 14.0. The van der Waals surface area contributed by atoms with Crippen molar-refractivity contribution in [1.82, 2.24) is 0 Å². The van der Waals surface area contributed by atoms with E-state index < -0.39 is 11.2 Å². The summed E-state index contributed by atoms with van der Waals surface area (Å²) in [6.07, 6.45) is 7.91. The second-order valence-electron chi connectivity index (χ2n) is 16.1. The number of carbonyl (C=O) groups is 2. The van der Waals surface area contributed by atoms with Gasteiger partial charge in [-0.1, -0.05) is 36.4 Å². The Morgan fingerprint density at radius 2 is 0.926 bits per heavy atom. The van der Waals surface area contributed by atoms with Crippen molar-refractivity contribution >= 4 is 23.3 Å². The van der Waals surface area contributed by atoms with Crippen LogP contribution in [0.5, 0.6) is 23.0 Å². The van der Waals surface area contributed by atoms with Gasteiger partial charge >= 0.3 is 11.9 Å². The van der Waals surface area contributed by atoms with Crippen LogP contribution >= 0.6 is 0 Å². The Bertz CT molecular complexity index is 2430. The lowest BCUT2D eigenvalue weighted by Gasteiger charge is -2.45. The second-order valence-corrected chi connectivity index (χ2v) is 16.1. The fraction of sp³-hybridized carbons (Fsp3) is 0.304. The average Bonchev–Trinajstić information content (AvgIpc) is 3.67. The van der Waals surface area contributed by atoms with E-state index in [9.17, 15) is 9.59 Å². The lowest BCUT2D eigenvalue weighted by atomic mass is 9.71. The highest BCUT2D eigenvalue weighted by Gasteiger charge is 2.59. The first-order valence-electron chi connectivity index (χ1n) is 19.6. The average molecular weight is 713 g/mol. The van der Waals surface area contributed by atoms with Gasteiger partial charge in [-0.25, -0.2) is 9.59 Å². The van der Waals surface area contributed by atoms with Crippen molar-refractivity contribution in [2.24, 2.45) is 0 Å². The van der Waals surface area contributed by atoms with Gasteiger partial charge in [0.25, 0.3) is 0 Å². The van der Waals surface area contributed by atoms with Crippen LogP contribution in [0.1, 0.15) is 102 Å². The van der Waals surface area contributed by atoms with Crippen LogP contribution in [0.15, 0.2) is 72.8 Å². The number of aryl methyl sites for hydroxylation is 2. The number of anilines is 2. The fourth-order valence-corrected chi connectivity index (χ4v) is 11.4. The summed E-state index contributed by atoms with van der Waals surface area (Å²) < 4.78 is 27.9. The maximum atomic E-state index is 14.0. The van der Waals surface area contributed by atoms with Crippen LogP contribution in [0.2, 0.25) is 0 Å². The lowest BCUT2D eigenvalue weighted by Crippen LogP contribution is -2.40. The summed E-state index contributed by atoms with van der Waals surface area (Å²) in [4.78, 5) is 33.1. The van der Waals surface area contributed by atoms with Crippen LogP contribution < -0.4 is 19.3 Å². The van der Waals surface area contributed by atoms with E-state index in [-0.39, 0.29) is 11.9 Å². The van der Waals surface area contributed by atoms with Crippen LogP contribution in [0.3, 0.4) is 0 Å². The highest BCUT2D eigenvalue weighted by atomic mass is 16.6. The van der Waals surface area contributed by atoms with Crippen LogP contribution in [0, 0.1) is 0 Å². The minimum absolute atomic E-state index is 0.362. The van der Waals surface area contributed by atoms with Crippen LogP contribution in [0.4, 0.5) is 11.4 Å². The van der Waals surface area contributed by atoms with E-state index in [0.717, 1.165) is 111 Å². The summed E-state index contributed by atoms with van der Waals surface area (Å²) in [6.45, 7) is 4.13. The third kappa shape index (κ3) is 3.42. The van der Waals surface area contributed by atoms with Crippen molar-refractivity contribution < 1.29 is 28.5 Å². The molecule has 0 radical (unpaired) electrons. The summed E-state index contributed by atoms with van der Waals surface area (Å²) in [7, 11) is 0. The molecule has 13 rings (SSSR count). The second kappa shape index (κ2) is 10.1. The van der Waals surface area contributed by atoms with Crippen molar-refractivity contribution in [2.45, 2.75) is 62.6 Å². The molecule has 2 atom stereocenters. The molecular weight excluding hydrogens is 677 g/mol. The van der Waals surface area contributed by atoms with Gasteiger partial charge < -0.3 is 28.7 Å². The van der Waals surface area contributed by atoms with Crippen molar-refractivity contribution in [3.8, 4) is 23.0 Å². The fourth-order valence-electron chi connectivity index (χ4n) is 11.4. The van der Waals surface area contributed by atoms with E-state index in [1.807, 2.05) is 54.6 Å². The molecule has 2 spiro atoms. The zero-order valence-corrected chi connectivity index (χ0v) is 29.8. The van der Waals surface area contributed by atoms with Gasteiger partial charge in [0.05, 0.1) is 11.1 Å². The lowest BCUT2D eigenvalue weighted by molar-refractivity contribution is 0.0206. The SMILES string of the molecule is O=C1O[C@@]2(c3cc4c(cc3Oc3c2cc2c5c3CCCN5CCC2)Oc2c(cc3c5c2CCCN5CCC3)[C@]42OC(=O)c3ccccc32)c2ccccc21. The van der Waals surface area contributed by atoms with Gasteiger partial charge in [-0.05, 0) is 92.8 Å². The summed E-state index contributed by atoms with van der Waals surface area (Å²) >= 11 is 0. The molecule has 0 fully saturated rings.